The van der Waals surface area contributed by atoms with Crippen molar-refractivity contribution in [2.24, 2.45) is 5.92 Å². The van der Waals surface area contributed by atoms with Gasteiger partial charge in [0.25, 0.3) is 0 Å². The summed E-state index contributed by atoms with van der Waals surface area (Å²) in [5, 5.41) is 0.974. The summed E-state index contributed by atoms with van der Waals surface area (Å²) in [6.07, 6.45) is 6.31. The lowest BCUT2D eigenvalue weighted by molar-refractivity contribution is -0.123. The van der Waals surface area contributed by atoms with E-state index in [9.17, 15) is 9.59 Å². The van der Waals surface area contributed by atoms with Gasteiger partial charge in [0.1, 0.15) is 0 Å². The largest absolute Gasteiger partial charge is 0.307 e. The van der Waals surface area contributed by atoms with Gasteiger partial charge in [0.15, 0.2) is 0 Å². The molecule has 0 unspecified atom stereocenters. The normalized spacial score (nSPS) is 20.6. The predicted octanol–water partition coefficient (Wildman–Crippen LogP) is 5.69. The van der Waals surface area contributed by atoms with Gasteiger partial charge in [-0.3, -0.25) is 9.59 Å². The predicted molar refractivity (Wildman–Crippen MR) is 125 cm³/mol. The number of anilines is 2. The van der Waals surface area contributed by atoms with Crippen LogP contribution in [0.4, 0.5) is 11.4 Å². The number of alkyl halides is 1. The first-order valence-electron chi connectivity index (χ1n) is 11.0. The van der Waals surface area contributed by atoms with Gasteiger partial charge in [0.05, 0.1) is 23.8 Å². The molecular formula is C25H29BrN2O2. The molecule has 4 rings (SSSR count). The third kappa shape index (κ3) is 4.31. The molecule has 0 radical (unpaired) electrons. The number of carbonyl (C=O) groups is 2. The fourth-order valence-electron chi connectivity index (χ4n) is 4.85. The van der Waals surface area contributed by atoms with E-state index in [1.165, 1.54) is 0 Å². The lowest BCUT2D eigenvalue weighted by Gasteiger charge is -2.30. The number of amides is 2. The Balaban J connectivity index is 1.69. The second-order valence-electron chi connectivity index (χ2n) is 8.27. The molecule has 2 aromatic carbocycles. The Morgan fingerprint density at radius 1 is 0.933 bits per heavy atom. The number of unbranched alkanes of at least 4 members (excludes halogenated alkanes) is 2. The smallest absolute Gasteiger partial charge is 0.232 e. The van der Waals surface area contributed by atoms with Gasteiger partial charge >= 0.3 is 0 Å². The molecule has 0 N–H and O–H groups in total. The summed E-state index contributed by atoms with van der Waals surface area (Å²) in [5.74, 6) is 0.194. The molecule has 0 spiro atoms. The van der Waals surface area contributed by atoms with E-state index in [4.69, 9.17) is 0 Å². The Labute approximate surface area is 187 Å². The quantitative estimate of drug-likeness (QED) is 0.386. The first-order valence-corrected chi connectivity index (χ1v) is 12.1. The summed E-state index contributed by atoms with van der Waals surface area (Å²) in [6, 6.07) is 18.0. The lowest BCUT2D eigenvalue weighted by Crippen LogP contribution is -2.45. The van der Waals surface area contributed by atoms with Crippen LogP contribution in [0.2, 0.25) is 0 Å². The Morgan fingerprint density at radius 3 is 2.43 bits per heavy atom. The van der Waals surface area contributed by atoms with E-state index < -0.39 is 0 Å². The van der Waals surface area contributed by atoms with E-state index >= 15 is 0 Å². The number of benzene rings is 2. The summed E-state index contributed by atoms with van der Waals surface area (Å²) in [6.45, 7) is 0.535. The molecule has 0 saturated heterocycles. The zero-order chi connectivity index (χ0) is 20.9. The van der Waals surface area contributed by atoms with Crippen LogP contribution in [-0.2, 0) is 16.1 Å². The number of hydrogen-bond acceptors (Lipinski definition) is 2. The highest BCUT2D eigenvalue weighted by Crippen LogP contribution is 2.43. The van der Waals surface area contributed by atoms with Crippen molar-refractivity contribution in [3.63, 3.8) is 0 Å². The number of para-hydroxylation sites is 2. The molecule has 1 aliphatic heterocycles. The average Bonchev–Trinajstić information content (AvgIpc) is 3.22. The molecule has 158 valence electrons. The van der Waals surface area contributed by atoms with Gasteiger partial charge in [0.2, 0.25) is 11.8 Å². The van der Waals surface area contributed by atoms with Crippen molar-refractivity contribution in [2.45, 2.75) is 57.5 Å². The van der Waals surface area contributed by atoms with Crippen LogP contribution in [0, 0.1) is 5.92 Å². The highest BCUT2D eigenvalue weighted by molar-refractivity contribution is 9.09. The summed E-state index contributed by atoms with van der Waals surface area (Å²) in [4.78, 5) is 30.9. The van der Waals surface area contributed by atoms with E-state index in [0.29, 0.717) is 13.0 Å². The SMILES string of the molecule is O=C1[C@H]2CCC[C@H]2N(C(=O)CCCCCBr)c2ccccc2N1Cc1ccccc1. The van der Waals surface area contributed by atoms with Crippen LogP contribution in [0.1, 0.15) is 50.5 Å². The molecule has 2 aromatic rings. The summed E-state index contributed by atoms with van der Waals surface area (Å²) >= 11 is 3.46. The van der Waals surface area contributed by atoms with Gasteiger partial charge in [-0.05, 0) is 43.4 Å². The maximum atomic E-state index is 13.6. The molecule has 2 aliphatic rings. The van der Waals surface area contributed by atoms with Crippen molar-refractivity contribution in [2.75, 3.05) is 15.1 Å². The number of halogens is 1. The van der Waals surface area contributed by atoms with Gasteiger partial charge in [-0.25, -0.2) is 0 Å². The van der Waals surface area contributed by atoms with Crippen LogP contribution >= 0.6 is 15.9 Å². The molecule has 2 atom stereocenters. The molecule has 1 aliphatic carbocycles. The average molecular weight is 469 g/mol. The van der Waals surface area contributed by atoms with Gasteiger partial charge in [-0.15, -0.1) is 0 Å². The Hall–Kier alpha value is -2.14. The van der Waals surface area contributed by atoms with Crippen LogP contribution < -0.4 is 9.80 Å². The molecule has 1 heterocycles. The second kappa shape index (κ2) is 9.78. The highest BCUT2D eigenvalue weighted by Gasteiger charge is 2.45. The number of carbonyl (C=O) groups excluding carboxylic acids is 2. The van der Waals surface area contributed by atoms with Crippen LogP contribution in [0.25, 0.3) is 0 Å². The van der Waals surface area contributed by atoms with Crippen LogP contribution in [0.15, 0.2) is 54.6 Å². The monoisotopic (exact) mass is 468 g/mol. The van der Waals surface area contributed by atoms with Crippen LogP contribution in [0.5, 0.6) is 0 Å². The standard InChI is InChI=1S/C25H29BrN2O2/c26-17-8-2-5-16-24(29)28-21-15-9-12-20(21)25(30)27(18-19-10-3-1-4-11-19)22-13-6-7-14-23(22)28/h1,3-4,6-7,10-11,13-14,20-21H,2,5,8-9,12,15-18H2/t20-,21+/m0/s1. The summed E-state index contributed by atoms with van der Waals surface area (Å²) < 4.78 is 0. The van der Waals surface area contributed by atoms with Crippen molar-refractivity contribution in [3.05, 3.63) is 60.2 Å². The van der Waals surface area contributed by atoms with Crippen molar-refractivity contribution in [1.29, 1.82) is 0 Å². The molecule has 30 heavy (non-hydrogen) atoms. The number of fused-ring (bicyclic) bond motifs is 2. The second-order valence-corrected chi connectivity index (χ2v) is 9.06. The van der Waals surface area contributed by atoms with Crippen molar-refractivity contribution in [3.8, 4) is 0 Å². The van der Waals surface area contributed by atoms with Gasteiger partial charge in [-0.1, -0.05) is 71.2 Å². The third-order valence-electron chi connectivity index (χ3n) is 6.30. The Bertz CT molecular complexity index is 886. The number of hydrogen-bond donors (Lipinski definition) is 0. The third-order valence-corrected chi connectivity index (χ3v) is 6.86. The molecule has 1 fully saturated rings. The first-order chi connectivity index (χ1) is 14.7. The lowest BCUT2D eigenvalue weighted by atomic mass is 10.00. The summed E-state index contributed by atoms with van der Waals surface area (Å²) in [7, 11) is 0. The molecule has 2 amide bonds. The number of rotatable bonds is 7. The minimum atomic E-state index is -0.118. The molecule has 1 saturated carbocycles. The minimum absolute atomic E-state index is 0.0249. The van der Waals surface area contributed by atoms with Gasteiger partial charge in [0, 0.05) is 17.8 Å². The van der Waals surface area contributed by atoms with Crippen molar-refractivity contribution < 1.29 is 9.59 Å². The number of nitrogens with zero attached hydrogens (tertiary/aromatic N) is 2. The fourth-order valence-corrected chi connectivity index (χ4v) is 5.24. The van der Waals surface area contributed by atoms with E-state index in [1.54, 1.807) is 0 Å². The molecule has 0 aromatic heterocycles. The Kier molecular flexibility index (Phi) is 6.88. The van der Waals surface area contributed by atoms with Crippen molar-refractivity contribution >= 4 is 39.1 Å². The first kappa shape index (κ1) is 21.1. The molecule has 0 bridgehead atoms. The molecular weight excluding hydrogens is 440 g/mol. The molecule has 5 heteroatoms. The topological polar surface area (TPSA) is 40.6 Å². The van der Waals surface area contributed by atoms with E-state index in [0.717, 1.165) is 60.8 Å². The van der Waals surface area contributed by atoms with Gasteiger partial charge < -0.3 is 9.80 Å². The van der Waals surface area contributed by atoms with E-state index in [2.05, 4.69) is 28.1 Å². The fraction of sp³-hybridized carbons (Fsp3) is 0.440. The zero-order valence-electron chi connectivity index (χ0n) is 17.3. The van der Waals surface area contributed by atoms with Crippen LogP contribution in [0.3, 0.4) is 0 Å². The van der Waals surface area contributed by atoms with E-state index in [-0.39, 0.29) is 23.8 Å². The van der Waals surface area contributed by atoms with Crippen molar-refractivity contribution in [1.82, 2.24) is 0 Å². The van der Waals surface area contributed by atoms with Crippen LogP contribution in [-0.4, -0.2) is 23.2 Å². The maximum Gasteiger partial charge on any atom is 0.232 e. The summed E-state index contributed by atoms with van der Waals surface area (Å²) in [5.41, 5.74) is 2.85. The zero-order valence-corrected chi connectivity index (χ0v) is 18.9. The Morgan fingerprint density at radius 2 is 1.67 bits per heavy atom. The highest BCUT2D eigenvalue weighted by atomic mass is 79.9. The maximum absolute atomic E-state index is 13.6. The minimum Gasteiger partial charge on any atom is -0.307 e. The van der Waals surface area contributed by atoms with E-state index in [1.807, 2.05) is 52.3 Å². The molecule has 4 nitrogen and oxygen atoms in total. The van der Waals surface area contributed by atoms with Gasteiger partial charge in [-0.2, -0.15) is 0 Å².